The number of hydrogen-bond donors (Lipinski definition) is 0. The lowest BCUT2D eigenvalue weighted by molar-refractivity contribution is -0.255. The summed E-state index contributed by atoms with van der Waals surface area (Å²) >= 11 is 0. The zero-order chi connectivity index (χ0) is 20.7. The molecule has 0 saturated heterocycles. The molecule has 3 rings (SSSR count). The Labute approximate surface area is 154 Å². The molecule has 0 fully saturated rings. The van der Waals surface area contributed by atoms with E-state index in [1.54, 1.807) is 0 Å². The molecule has 0 bridgehead atoms. The molecular formula is C16H9F4N2O5S-. The van der Waals surface area contributed by atoms with Crippen molar-refractivity contribution in [2.45, 2.75) is 12.1 Å². The van der Waals surface area contributed by atoms with E-state index < -0.39 is 38.9 Å². The molecule has 28 heavy (non-hydrogen) atoms. The van der Waals surface area contributed by atoms with Crippen LogP contribution in [0.4, 0.5) is 17.6 Å². The van der Waals surface area contributed by atoms with Crippen molar-refractivity contribution in [1.82, 2.24) is 9.55 Å². The molecule has 7 nitrogen and oxygen atoms in total. The maximum Gasteiger partial charge on any atom is 0.534 e. The largest absolute Gasteiger partial charge is 0.543 e. The van der Waals surface area contributed by atoms with E-state index in [4.69, 9.17) is 0 Å². The van der Waals surface area contributed by atoms with Crippen LogP contribution in [0.2, 0.25) is 0 Å². The fourth-order valence-electron chi connectivity index (χ4n) is 2.44. The standard InChI is InChI=1S/C16H10F4N2O5S/c17-10-3-1-9(2-4-10)8-22-6-5-11-12(22)7-21-13(15(23)24)14(11)27-28(25,26)16(18,19)20/h1-7H,8H2,(H,23,24)/p-1. The van der Waals surface area contributed by atoms with Gasteiger partial charge in [0.25, 0.3) is 0 Å². The lowest BCUT2D eigenvalue weighted by Crippen LogP contribution is -2.30. The lowest BCUT2D eigenvalue weighted by Gasteiger charge is -2.14. The molecule has 2 aromatic heterocycles. The minimum Gasteiger partial charge on any atom is -0.543 e. The van der Waals surface area contributed by atoms with Crippen molar-refractivity contribution in [3.05, 3.63) is 59.8 Å². The minimum atomic E-state index is -6.13. The highest BCUT2D eigenvalue weighted by molar-refractivity contribution is 7.88. The third-order valence-corrected chi connectivity index (χ3v) is 4.67. The molecule has 0 unspecified atom stereocenters. The van der Waals surface area contributed by atoms with Crippen LogP contribution in [-0.2, 0) is 16.7 Å². The number of rotatable bonds is 5. The number of aromatic carboxylic acids is 1. The smallest absolute Gasteiger partial charge is 0.534 e. The Balaban J connectivity index is 2.11. The molecule has 0 aliphatic rings. The summed E-state index contributed by atoms with van der Waals surface area (Å²) in [6.45, 7) is 0.127. The zero-order valence-electron chi connectivity index (χ0n) is 13.6. The number of carboxylic acid groups (broad SMARTS) is 1. The van der Waals surface area contributed by atoms with E-state index in [0.717, 1.165) is 6.20 Å². The van der Waals surface area contributed by atoms with Gasteiger partial charge in [-0.25, -0.2) is 9.37 Å². The van der Waals surface area contributed by atoms with Crippen LogP contribution in [0, 0.1) is 5.82 Å². The highest BCUT2D eigenvalue weighted by Crippen LogP contribution is 2.34. The van der Waals surface area contributed by atoms with Crippen LogP contribution in [0.15, 0.2) is 42.7 Å². The Kier molecular flexibility index (Phi) is 4.75. The van der Waals surface area contributed by atoms with Crippen LogP contribution >= 0.6 is 0 Å². The summed E-state index contributed by atoms with van der Waals surface area (Å²) in [6.07, 6.45) is 2.39. The third kappa shape index (κ3) is 3.63. The number of halogens is 4. The van der Waals surface area contributed by atoms with Gasteiger partial charge in [-0.1, -0.05) is 12.1 Å². The lowest BCUT2D eigenvalue weighted by atomic mass is 10.2. The monoisotopic (exact) mass is 417 g/mol. The summed E-state index contributed by atoms with van der Waals surface area (Å²) in [5.41, 5.74) is -6.15. The number of alkyl halides is 3. The van der Waals surface area contributed by atoms with Gasteiger partial charge in [-0.05, 0) is 23.8 Å². The number of benzene rings is 1. The number of fused-ring (bicyclic) bond motifs is 1. The molecule has 0 N–H and O–H groups in total. The number of nitrogens with zero attached hydrogens (tertiary/aromatic N) is 2. The van der Waals surface area contributed by atoms with Crippen molar-refractivity contribution in [3.8, 4) is 5.75 Å². The molecule has 0 amide bonds. The van der Waals surface area contributed by atoms with E-state index in [-0.39, 0.29) is 17.4 Å². The number of carboxylic acids is 1. The van der Waals surface area contributed by atoms with Crippen LogP contribution in [0.1, 0.15) is 16.1 Å². The van der Waals surface area contributed by atoms with Gasteiger partial charge in [0.15, 0.2) is 5.75 Å². The summed E-state index contributed by atoms with van der Waals surface area (Å²) in [5.74, 6) is -3.58. The van der Waals surface area contributed by atoms with Gasteiger partial charge in [-0.3, -0.25) is 0 Å². The molecule has 0 atom stereocenters. The van der Waals surface area contributed by atoms with Gasteiger partial charge in [0.05, 0.1) is 17.7 Å². The predicted octanol–water partition coefficient (Wildman–Crippen LogP) is 1.82. The van der Waals surface area contributed by atoms with E-state index in [2.05, 4.69) is 9.17 Å². The van der Waals surface area contributed by atoms with Gasteiger partial charge >= 0.3 is 15.6 Å². The van der Waals surface area contributed by atoms with Gasteiger partial charge in [0.2, 0.25) is 0 Å². The topological polar surface area (TPSA) is 101 Å². The average Bonchev–Trinajstić information content (AvgIpc) is 2.99. The van der Waals surface area contributed by atoms with Crippen molar-refractivity contribution >= 4 is 27.0 Å². The quantitative estimate of drug-likeness (QED) is 0.357. The fourth-order valence-corrected chi connectivity index (χ4v) is 2.93. The van der Waals surface area contributed by atoms with Gasteiger partial charge < -0.3 is 18.7 Å². The molecule has 12 heteroatoms. The number of pyridine rings is 1. The predicted molar refractivity (Wildman–Crippen MR) is 85.2 cm³/mol. The molecular weight excluding hydrogens is 408 g/mol. The number of carbonyl (C=O) groups is 1. The van der Waals surface area contributed by atoms with Crippen molar-refractivity contribution in [1.29, 1.82) is 0 Å². The zero-order valence-corrected chi connectivity index (χ0v) is 14.4. The summed E-state index contributed by atoms with van der Waals surface area (Å²) in [6, 6.07) is 6.52. The van der Waals surface area contributed by atoms with Crippen molar-refractivity contribution in [3.63, 3.8) is 0 Å². The maximum absolute atomic E-state index is 13.0. The molecule has 148 valence electrons. The molecule has 0 aliphatic carbocycles. The van der Waals surface area contributed by atoms with Crippen LogP contribution < -0.4 is 9.29 Å². The van der Waals surface area contributed by atoms with E-state index in [9.17, 15) is 35.9 Å². The number of carbonyl (C=O) groups excluding carboxylic acids is 1. The first-order chi connectivity index (χ1) is 13.0. The third-order valence-electron chi connectivity index (χ3n) is 3.72. The van der Waals surface area contributed by atoms with Gasteiger partial charge in [0.1, 0.15) is 11.5 Å². The summed E-state index contributed by atoms with van der Waals surface area (Å²) in [7, 11) is -6.13. The Hall–Kier alpha value is -3.15. The fraction of sp³-hybridized carbons (Fsp3) is 0.125. The normalized spacial score (nSPS) is 12.3. The van der Waals surface area contributed by atoms with Crippen LogP contribution in [0.3, 0.4) is 0 Å². The van der Waals surface area contributed by atoms with Crippen molar-refractivity contribution in [2.24, 2.45) is 0 Å². The Bertz CT molecular complexity index is 1150. The number of hydrogen-bond acceptors (Lipinski definition) is 6. The van der Waals surface area contributed by atoms with Crippen LogP contribution in [-0.4, -0.2) is 29.4 Å². The second-order valence-corrected chi connectivity index (χ2v) is 7.11. The number of aromatic nitrogens is 2. The average molecular weight is 417 g/mol. The molecule has 0 saturated carbocycles. The molecule has 0 aliphatic heterocycles. The Morgan fingerprint density at radius 2 is 1.82 bits per heavy atom. The van der Waals surface area contributed by atoms with Crippen molar-refractivity contribution in [2.75, 3.05) is 0 Å². The van der Waals surface area contributed by atoms with Crippen LogP contribution in [0.25, 0.3) is 10.9 Å². The highest BCUT2D eigenvalue weighted by atomic mass is 32.2. The highest BCUT2D eigenvalue weighted by Gasteiger charge is 2.49. The second kappa shape index (κ2) is 6.78. The first-order valence-electron chi connectivity index (χ1n) is 7.44. The molecule has 1 aromatic carbocycles. The van der Waals surface area contributed by atoms with Gasteiger partial charge in [-0.15, -0.1) is 0 Å². The van der Waals surface area contributed by atoms with Crippen LogP contribution in [0.5, 0.6) is 5.75 Å². The van der Waals surface area contributed by atoms with Crippen molar-refractivity contribution < 1.29 is 40.1 Å². The maximum atomic E-state index is 13.0. The second-order valence-electron chi connectivity index (χ2n) is 5.58. The van der Waals surface area contributed by atoms with Gasteiger partial charge in [0, 0.05) is 18.1 Å². The SMILES string of the molecule is O=C([O-])c1ncc2c(ccn2Cc2ccc(F)cc2)c1OS(=O)(=O)C(F)(F)F. The molecule has 2 heterocycles. The Morgan fingerprint density at radius 1 is 1.18 bits per heavy atom. The van der Waals surface area contributed by atoms with E-state index in [1.807, 2.05) is 0 Å². The summed E-state index contributed by atoms with van der Waals surface area (Å²) in [5, 5.41) is 10.9. The van der Waals surface area contributed by atoms with E-state index in [0.29, 0.717) is 5.56 Å². The molecule has 0 radical (unpaired) electrons. The summed E-state index contributed by atoms with van der Waals surface area (Å²) < 4.78 is 79.1. The Morgan fingerprint density at radius 3 is 2.39 bits per heavy atom. The minimum absolute atomic E-state index is 0.0988. The molecule has 0 spiro atoms. The first kappa shape index (κ1) is 19.6. The van der Waals surface area contributed by atoms with E-state index >= 15 is 0 Å². The summed E-state index contributed by atoms with van der Waals surface area (Å²) in [4.78, 5) is 14.6. The van der Waals surface area contributed by atoms with Gasteiger partial charge in [-0.2, -0.15) is 21.6 Å². The molecule has 3 aromatic rings. The first-order valence-corrected chi connectivity index (χ1v) is 8.85. The van der Waals surface area contributed by atoms with E-state index in [1.165, 1.54) is 41.1 Å².